The van der Waals surface area contributed by atoms with E-state index in [1.165, 1.54) is 17.5 Å². The fourth-order valence-corrected chi connectivity index (χ4v) is 6.61. The Morgan fingerprint density at radius 1 is 1.06 bits per heavy atom. The molecule has 48 heavy (non-hydrogen) atoms. The topological polar surface area (TPSA) is 126 Å². The summed E-state index contributed by atoms with van der Waals surface area (Å²) in [5.41, 5.74) is 4.49. The highest BCUT2D eigenvalue weighted by Gasteiger charge is 2.32. The molecule has 3 aromatic rings. The Balaban J connectivity index is 1.19. The summed E-state index contributed by atoms with van der Waals surface area (Å²) in [6.45, 7) is 12.0. The summed E-state index contributed by atoms with van der Waals surface area (Å²) in [6.07, 6.45) is 5.80. The molecule has 1 aliphatic heterocycles. The maximum Gasteiger partial charge on any atom is 0.353 e. The molecule has 2 heterocycles. The summed E-state index contributed by atoms with van der Waals surface area (Å²) in [7, 11) is -4.11. The van der Waals surface area contributed by atoms with Crippen LogP contribution in [0, 0.1) is 12.8 Å². The number of carbonyl (C=O) groups excluding carboxylic acids is 2. The van der Waals surface area contributed by atoms with E-state index in [9.17, 15) is 18.0 Å². The third kappa shape index (κ3) is 8.01. The number of hydrogen-bond acceptors (Lipinski definition) is 8. The molecular formula is C35H46N6O6S. The Morgan fingerprint density at radius 3 is 2.46 bits per heavy atom. The molecular weight excluding hydrogens is 632 g/mol. The molecule has 6 rings (SSSR count). The largest absolute Gasteiger partial charge is 0.492 e. The number of hydroxylamine groups is 1. The number of nitrogens with zero attached hydrogens (tertiary/aromatic N) is 5. The first-order valence-corrected chi connectivity index (χ1v) is 18.5. The molecule has 3 amide bonds. The van der Waals surface area contributed by atoms with E-state index in [-0.39, 0.29) is 11.7 Å². The van der Waals surface area contributed by atoms with Gasteiger partial charge in [0.2, 0.25) is 5.91 Å². The fraction of sp³-hybridized carbons (Fsp3) is 0.514. The van der Waals surface area contributed by atoms with Crippen molar-refractivity contribution in [2.45, 2.75) is 65.2 Å². The number of fused-ring (bicyclic) bond motifs is 1. The van der Waals surface area contributed by atoms with Crippen LogP contribution in [0.4, 0.5) is 16.3 Å². The minimum atomic E-state index is -4.11. The first-order valence-electron chi connectivity index (χ1n) is 16.7. The number of carbonyl (C=O) groups is 2. The summed E-state index contributed by atoms with van der Waals surface area (Å²) in [5.74, 6) is 1.79. The van der Waals surface area contributed by atoms with Crippen LogP contribution in [-0.4, -0.2) is 85.5 Å². The summed E-state index contributed by atoms with van der Waals surface area (Å²) < 4.78 is 38.0. The number of urea groups is 1. The van der Waals surface area contributed by atoms with Crippen LogP contribution in [0.2, 0.25) is 0 Å². The van der Waals surface area contributed by atoms with Crippen LogP contribution in [0.25, 0.3) is 5.69 Å². The number of benzene rings is 2. The average molecular weight is 679 g/mol. The van der Waals surface area contributed by atoms with Gasteiger partial charge in [0.15, 0.2) is 5.82 Å². The summed E-state index contributed by atoms with van der Waals surface area (Å²) >= 11 is 0. The molecule has 258 valence electrons. The smallest absolute Gasteiger partial charge is 0.353 e. The van der Waals surface area contributed by atoms with Crippen molar-refractivity contribution >= 4 is 33.6 Å². The quantitative estimate of drug-likeness (QED) is 0.286. The molecule has 0 spiro atoms. The van der Waals surface area contributed by atoms with Crippen LogP contribution in [0.1, 0.15) is 62.4 Å². The number of piperazine rings is 1. The van der Waals surface area contributed by atoms with Crippen molar-refractivity contribution in [3.8, 4) is 11.4 Å². The Hall–Kier alpha value is -3.94. The maximum atomic E-state index is 13.9. The van der Waals surface area contributed by atoms with Gasteiger partial charge in [-0.3, -0.25) is 9.69 Å². The lowest BCUT2D eigenvalue weighted by Crippen LogP contribution is -2.51. The van der Waals surface area contributed by atoms with Crippen LogP contribution in [0.15, 0.2) is 42.5 Å². The van der Waals surface area contributed by atoms with Gasteiger partial charge in [-0.2, -0.15) is 13.5 Å². The van der Waals surface area contributed by atoms with Crippen molar-refractivity contribution < 1.29 is 27.0 Å². The van der Waals surface area contributed by atoms with E-state index in [4.69, 9.17) is 14.1 Å². The van der Waals surface area contributed by atoms with Crippen LogP contribution in [-0.2, 0) is 37.5 Å². The Bertz CT molecular complexity index is 1780. The van der Waals surface area contributed by atoms with Crippen LogP contribution in [0.5, 0.6) is 5.75 Å². The number of nitrogens with one attached hydrogen (secondary N) is 1. The van der Waals surface area contributed by atoms with Gasteiger partial charge in [-0.25, -0.2) is 9.48 Å². The van der Waals surface area contributed by atoms with E-state index in [0.717, 1.165) is 72.7 Å². The highest BCUT2D eigenvalue weighted by atomic mass is 32.2. The highest BCUT2D eigenvalue weighted by molar-refractivity contribution is 7.86. The molecule has 12 nitrogen and oxygen atoms in total. The maximum absolute atomic E-state index is 13.9. The van der Waals surface area contributed by atoms with Crippen LogP contribution < -0.4 is 15.1 Å². The van der Waals surface area contributed by atoms with Gasteiger partial charge in [-0.05, 0) is 80.3 Å². The molecule has 0 radical (unpaired) electrons. The molecule has 1 saturated carbocycles. The van der Waals surface area contributed by atoms with Gasteiger partial charge in [0.05, 0.1) is 24.2 Å². The van der Waals surface area contributed by atoms with E-state index in [0.29, 0.717) is 42.7 Å². The third-order valence-electron chi connectivity index (χ3n) is 9.06. The van der Waals surface area contributed by atoms with E-state index in [1.807, 2.05) is 62.9 Å². The molecule has 3 aliphatic rings. The van der Waals surface area contributed by atoms with Crippen molar-refractivity contribution in [1.82, 2.24) is 19.6 Å². The van der Waals surface area contributed by atoms with Gasteiger partial charge in [0.1, 0.15) is 12.4 Å². The molecule has 2 aromatic carbocycles. The molecule has 0 atom stereocenters. The standard InChI is InChI=1S/C35H46N6O6S/c1-24-9-13-26(14-10-24)40-32(21-31(37-40)35(2,3)4)41(47-48(5,44)45)34(43)36-29-15-16-30(28-8-6-7-27(28)29)46-20-19-38-17-18-39(33(42)23-38)22-25-11-12-25/h9-10,13-16,21,25H,6-8,11-12,17-20,22-23H2,1-5H3,(H,36,43). The van der Waals surface area contributed by atoms with Crippen molar-refractivity contribution in [2.75, 3.05) is 56.0 Å². The fourth-order valence-electron chi connectivity index (χ4n) is 6.20. The van der Waals surface area contributed by atoms with E-state index in [1.54, 1.807) is 12.1 Å². The Labute approximate surface area is 283 Å². The number of rotatable bonds is 11. The van der Waals surface area contributed by atoms with Crippen molar-refractivity contribution in [2.24, 2.45) is 5.92 Å². The molecule has 2 aliphatic carbocycles. The van der Waals surface area contributed by atoms with Crippen LogP contribution >= 0.6 is 0 Å². The van der Waals surface area contributed by atoms with Gasteiger partial charge in [-0.1, -0.05) is 38.5 Å². The number of aromatic nitrogens is 2. The number of anilines is 2. The number of aryl methyl sites for hydroxylation is 1. The normalized spacial score (nSPS) is 17.0. The lowest BCUT2D eigenvalue weighted by molar-refractivity contribution is -0.136. The van der Waals surface area contributed by atoms with Crippen molar-refractivity contribution in [3.63, 3.8) is 0 Å². The third-order valence-corrected chi connectivity index (χ3v) is 9.48. The second-order valence-electron chi connectivity index (χ2n) is 14.2. The number of amides is 3. The predicted octanol–water partition coefficient (Wildman–Crippen LogP) is 4.83. The predicted molar refractivity (Wildman–Crippen MR) is 184 cm³/mol. The molecule has 13 heteroatoms. The molecule has 1 aromatic heterocycles. The lowest BCUT2D eigenvalue weighted by atomic mass is 9.92. The first kappa shape index (κ1) is 33.9. The van der Waals surface area contributed by atoms with E-state index >= 15 is 0 Å². The minimum Gasteiger partial charge on any atom is -0.492 e. The SMILES string of the molecule is Cc1ccc(-n2nc(C(C)(C)C)cc2N(OS(C)(=O)=O)C(=O)Nc2ccc(OCCN3CCN(CC4CC4)C(=O)C3)c3c2CCC3)cc1. The molecule has 0 bridgehead atoms. The Kier molecular flexibility index (Phi) is 9.56. The van der Waals surface area contributed by atoms with Gasteiger partial charge in [-0.15, -0.1) is 9.35 Å². The monoisotopic (exact) mass is 678 g/mol. The molecule has 1 N–H and O–H groups in total. The first-order chi connectivity index (χ1) is 22.7. The summed E-state index contributed by atoms with van der Waals surface area (Å²) in [5, 5.41) is 8.42. The van der Waals surface area contributed by atoms with Gasteiger partial charge >= 0.3 is 6.03 Å². The number of ether oxygens (including phenoxy) is 1. The zero-order valence-corrected chi connectivity index (χ0v) is 29.3. The average Bonchev–Trinajstić information content (AvgIpc) is 3.49. The lowest BCUT2D eigenvalue weighted by Gasteiger charge is -2.34. The van der Waals surface area contributed by atoms with Crippen molar-refractivity contribution in [3.05, 3.63) is 64.8 Å². The number of hydrogen-bond donors (Lipinski definition) is 1. The summed E-state index contributed by atoms with van der Waals surface area (Å²) in [6, 6.07) is 12.1. The Morgan fingerprint density at radius 2 is 1.79 bits per heavy atom. The van der Waals surface area contributed by atoms with Gasteiger partial charge in [0.25, 0.3) is 10.1 Å². The highest BCUT2D eigenvalue weighted by Crippen LogP contribution is 2.37. The van der Waals surface area contributed by atoms with E-state index < -0.39 is 21.6 Å². The molecule has 1 saturated heterocycles. The van der Waals surface area contributed by atoms with Crippen molar-refractivity contribution in [1.29, 1.82) is 0 Å². The molecule has 2 fully saturated rings. The zero-order valence-electron chi connectivity index (χ0n) is 28.5. The van der Waals surface area contributed by atoms with Crippen LogP contribution in [0.3, 0.4) is 0 Å². The second-order valence-corrected chi connectivity index (χ2v) is 15.8. The minimum absolute atomic E-state index is 0.148. The van der Waals surface area contributed by atoms with Gasteiger partial charge in [0, 0.05) is 43.3 Å². The van der Waals surface area contributed by atoms with Gasteiger partial charge < -0.3 is 15.0 Å². The van der Waals surface area contributed by atoms with E-state index in [2.05, 4.69) is 10.2 Å². The summed E-state index contributed by atoms with van der Waals surface area (Å²) in [4.78, 5) is 30.7. The zero-order chi connectivity index (χ0) is 34.2. The second kappa shape index (κ2) is 13.5. The molecule has 0 unspecified atom stereocenters.